The smallest absolute Gasteiger partial charge is 0.207 e. The molecule has 20 heavy (non-hydrogen) atoms. The van der Waals surface area contributed by atoms with Crippen LogP contribution in [0.25, 0.3) is 0 Å². The first-order valence-electron chi connectivity index (χ1n) is 5.89. The molecular weight excluding hydrogens is 362 g/mol. The van der Waals surface area contributed by atoms with Crippen LogP contribution in [-0.2, 0) is 16.6 Å². The zero-order valence-electron chi connectivity index (χ0n) is 10.7. The molecule has 2 rings (SSSR count). The third-order valence-corrected chi connectivity index (χ3v) is 5.36. The lowest BCUT2D eigenvalue weighted by Gasteiger charge is -2.08. The SMILES string of the molecule is Cc1cccc(CNS(=O)(=O)c2ccc(Cl)c(Br)c2)c1. The van der Waals surface area contributed by atoms with Gasteiger partial charge in [0.15, 0.2) is 0 Å². The first-order chi connectivity index (χ1) is 9.38. The van der Waals surface area contributed by atoms with Crippen molar-refractivity contribution in [2.24, 2.45) is 0 Å². The van der Waals surface area contributed by atoms with Crippen molar-refractivity contribution in [3.63, 3.8) is 0 Å². The molecule has 2 aromatic rings. The van der Waals surface area contributed by atoms with Gasteiger partial charge in [-0.05, 0) is 46.6 Å². The predicted octanol–water partition coefficient (Wildman–Crippen LogP) is 3.89. The van der Waals surface area contributed by atoms with Crippen molar-refractivity contribution in [1.82, 2.24) is 4.72 Å². The summed E-state index contributed by atoms with van der Waals surface area (Å²) in [6.45, 7) is 2.22. The predicted molar refractivity (Wildman–Crippen MR) is 84.4 cm³/mol. The topological polar surface area (TPSA) is 46.2 Å². The van der Waals surface area contributed by atoms with E-state index in [0.29, 0.717) is 9.50 Å². The Morgan fingerprint density at radius 1 is 1.20 bits per heavy atom. The van der Waals surface area contributed by atoms with Crippen LogP contribution in [0.4, 0.5) is 0 Å². The highest BCUT2D eigenvalue weighted by Gasteiger charge is 2.14. The van der Waals surface area contributed by atoms with Gasteiger partial charge in [0.2, 0.25) is 10.0 Å². The van der Waals surface area contributed by atoms with Gasteiger partial charge in [0.25, 0.3) is 0 Å². The van der Waals surface area contributed by atoms with Crippen LogP contribution in [0.5, 0.6) is 0 Å². The van der Waals surface area contributed by atoms with Crippen molar-refractivity contribution in [3.8, 4) is 0 Å². The van der Waals surface area contributed by atoms with Gasteiger partial charge in [0.1, 0.15) is 0 Å². The van der Waals surface area contributed by atoms with Crippen LogP contribution in [0.1, 0.15) is 11.1 Å². The fraction of sp³-hybridized carbons (Fsp3) is 0.143. The largest absolute Gasteiger partial charge is 0.240 e. The third-order valence-electron chi connectivity index (χ3n) is 2.75. The fourth-order valence-electron chi connectivity index (χ4n) is 1.73. The van der Waals surface area contributed by atoms with Crippen LogP contribution in [-0.4, -0.2) is 8.42 Å². The van der Waals surface area contributed by atoms with Crippen LogP contribution in [0.3, 0.4) is 0 Å². The van der Waals surface area contributed by atoms with Gasteiger partial charge in [-0.15, -0.1) is 0 Å². The minimum absolute atomic E-state index is 0.182. The number of halogens is 2. The maximum absolute atomic E-state index is 12.2. The summed E-state index contributed by atoms with van der Waals surface area (Å²) in [4.78, 5) is 0.182. The Hall–Kier alpha value is -0.880. The maximum Gasteiger partial charge on any atom is 0.240 e. The number of rotatable bonds is 4. The van der Waals surface area contributed by atoms with E-state index < -0.39 is 10.0 Å². The molecule has 0 spiro atoms. The van der Waals surface area contributed by atoms with Crippen molar-refractivity contribution < 1.29 is 8.42 Å². The lowest BCUT2D eigenvalue weighted by Crippen LogP contribution is -2.23. The molecule has 6 heteroatoms. The lowest BCUT2D eigenvalue weighted by atomic mass is 10.1. The highest BCUT2D eigenvalue weighted by atomic mass is 79.9. The summed E-state index contributed by atoms with van der Waals surface area (Å²) in [6.07, 6.45) is 0. The summed E-state index contributed by atoms with van der Waals surface area (Å²) in [5.41, 5.74) is 2.01. The van der Waals surface area contributed by atoms with E-state index in [1.807, 2.05) is 31.2 Å². The Labute approximate surface area is 132 Å². The van der Waals surface area contributed by atoms with E-state index in [1.165, 1.54) is 12.1 Å². The second-order valence-electron chi connectivity index (χ2n) is 4.39. The normalized spacial score (nSPS) is 11.6. The Morgan fingerprint density at radius 2 is 1.95 bits per heavy atom. The van der Waals surface area contributed by atoms with E-state index in [2.05, 4.69) is 20.7 Å². The van der Waals surface area contributed by atoms with Crippen molar-refractivity contribution in [2.45, 2.75) is 18.4 Å². The van der Waals surface area contributed by atoms with Gasteiger partial charge in [-0.3, -0.25) is 0 Å². The minimum atomic E-state index is -3.55. The maximum atomic E-state index is 12.2. The molecule has 1 N–H and O–H groups in total. The summed E-state index contributed by atoms with van der Waals surface area (Å²) in [5.74, 6) is 0. The van der Waals surface area contributed by atoms with Crippen LogP contribution in [0.15, 0.2) is 51.8 Å². The van der Waals surface area contributed by atoms with Crippen molar-refractivity contribution in [1.29, 1.82) is 0 Å². The molecule has 0 fully saturated rings. The molecule has 0 aliphatic rings. The molecule has 0 unspecified atom stereocenters. The number of nitrogens with one attached hydrogen (secondary N) is 1. The standard InChI is InChI=1S/C14H13BrClNO2S/c1-10-3-2-4-11(7-10)9-17-20(18,19)12-5-6-14(16)13(15)8-12/h2-8,17H,9H2,1H3. The molecule has 2 aromatic carbocycles. The minimum Gasteiger partial charge on any atom is -0.207 e. The summed E-state index contributed by atoms with van der Waals surface area (Å²) in [6, 6.07) is 12.2. The molecule has 0 heterocycles. The molecule has 0 radical (unpaired) electrons. The lowest BCUT2D eigenvalue weighted by molar-refractivity contribution is 0.581. The summed E-state index contributed by atoms with van der Waals surface area (Å²) < 4.78 is 27.5. The molecular formula is C14H13BrClNO2S. The second kappa shape index (κ2) is 6.26. The number of sulfonamides is 1. The van der Waals surface area contributed by atoms with E-state index in [9.17, 15) is 8.42 Å². The number of hydrogen-bond donors (Lipinski definition) is 1. The second-order valence-corrected chi connectivity index (χ2v) is 7.42. The number of benzene rings is 2. The molecule has 0 amide bonds. The number of aryl methyl sites for hydroxylation is 1. The van der Waals surface area contributed by atoms with Crippen molar-refractivity contribution in [3.05, 3.63) is 63.1 Å². The number of hydrogen-bond acceptors (Lipinski definition) is 2. The van der Waals surface area contributed by atoms with E-state index in [4.69, 9.17) is 11.6 Å². The third kappa shape index (κ3) is 3.82. The highest BCUT2D eigenvalue weighted by Crippen LogP contribution is 2.25. The van der Waals surface area contributed by atoms with E-state index >= 15 is 0 Å². The van der Waals surface area contributed by atoms with Gasteiger partial charge in [-0.1, -0.05) is 41.4 Å². The molecule has 0 aliphatic heterocycles. The summed E-state index contributed by atoms with van der Waals surface area (Å²) >= 11 is 9.08. The van der Waals surface area contributed by atoms with E-state index in [0.717, 1.165) is 11.1 Å². The Morgan fingerprint density at radius 3 is 2.60 bits per heavy atom. The van der Waals surface area contributed by atoms with Gasteiger partial charge in [-0.2, -0.15) is 0 Å². The molecule has 106 valence electrons. The fourth-order valence-corrected chi connectivity index (χ4v) is 3.42. The highest BCUT2D eigenvalue weighted by molar-refractivity contribution is 9.10. The first kappa shape index (κ1) is 15.5. The summed E-state index contributed by atoms with van der Waals surface area (Å²) in [7, 11) is -3.55. The Bertz CT molecular complexity index is 732. The Kier molecular flexibility index (Phi) is 4.86. The molecule has 0 bridgehead atoms. The summed E-state index contributed by atoms with van der Waals surface area (Å²) in [5, 5.41) is 0.475. The van der Waals surface area contributed by atoms with Gasteiger partial charge >= 0.3 is 0 Å². The average molecular weight is 375 g/mol. The van der Waals surface area contributed by atoms with Crippen molar-refractivity contribution in [2.75, 3.05) is 0 Å². The van der Waals surface area contributed by atoms with Crippen LogP contribution < -0.4 is 4.72 Å². The van der Waals surface area contributed by atoms with Crippen LogP contribution >= 0.6 is 27.5 Å². The zero-order valence-corrected chi connectivity index (χ0v) is 13.9. The van der Waals surface area contributed by atoms with Gasteiger partial charge < -0.3 is 0 Å². The molecule has 0 saturated carbocycles. The molecule has 3 nitrogen and oxygen atoms in total. The van der Waals surface area contributed by atoms with Gasteiger partial charge in [0.05, 0.1) is 9.92 Å². The molecule has 0 saturated heterocycles. The quantitative estimate of drug-likeness (QED) is 0.882. The molecule has 0 aliphatic carbocycles. The van der Waals surface area contributed by atoms with Crippen LogP contribution in [0.2, 0.25) is 5.02 Å². The van der Waals surface area contributed by atoms with E-state index in [1.54, 1.807) is 6.07 Å². The zero-order chi connectivity index (χ0) is 14.8. The van der Waals surface area contributed by atoms with Gasteiger partial charge in [0, 0.05) is 11.0 Å². The Balaban J connectivity index is 2.17. The average Bonchev–Trinajstić information content (AvgIpc) is 2.40. The van der Waals surface area contributed by atoms with Crippen molar-refractivity contribution >= 4 is 37.6 Å². The van der Waals surface area contributed by atoms with E-state index in [-0.39, 0.29) is 11.4 Å². The molecule has 0 aromatic heterocycles. The monoisotopic (exact) mass is 373 g/mol. The van der Waals surface area contributed by atoms with Crippen LogP contribution in [0, 0.1) is 6.92 Å². The first-order valence-corrected chi connectivity index (χ1v) is 8.54. The van der Waals surface area contributed by atoms with Gasteiger partial charge in [-0.25, -0.2) is 13.1 Å². The molecule has 0 atom stereocenters.